The summed E-state index contributed by atoms with van der Waals surface area (Å²) in [5.41, 5.74) is 2.81. The number of rotatable bonds is 4. The van der Waals surface area contributed by atoms with Crippen LogP contribution in [0.5, 0.6) is 0 Å². The molecule has 0 unspecified atom stereocenters. The predicted octanol–water partition coefficient (Wildman–Crippen LogP) is 4.43. The Kier molecular flexibility index (Phi) is 4.79. The second-order valence-corrected chi connectivity index (χ2v) is 7.31. The lowest BCUT2D eigenvalue weighted by atomic mass is 10.1. The summed E-state index contributed by atoms with van der Waals surface area (Å²) < 4.78 is 0.939. The summed E-state index contributed by atoms with van der Waals surface area (Å²) in [4.78, 5) is 38.5. The number of imide groups is 1. The third-order valence-electron chi connectivity index (χ3n) is 4.48. The van der Waals surface area contributed by atoms with E-state index in [0.717, 1.165) is 20.6 Å². The Balaban J connectivity index is 1.46. The topological polar surface area (TPSA) is 66.5 Å². The van der Waals surface area contributed by atoms with Crippen LogP contribution in [0.3, 0.4) is 0 Å². The molecule has 0 spiro atoms. The van der Waals surface area contributed by atoms with Gasteiger partial charge < -0.3 is 5.32 Å². The van der Waals surface area contributed by atoms with E-state index in [4.69, 9.17) is 0 Å². The zero-order valence-corrected chi connectivity index (χ0v) is 16.3. The Labute approximate surface area is 170 Å². The number of amides is 3. The maximum absolute atomic E-state index is 12.5. The molecule has 1 aliphatic rings. The van der Waals surface area contributed by atoms with Crippen molar-refractivity contribution in [2.24, 2.45) is 0 Å². The van der Waals surface area contributed by atoms with Crippen molar-refractivity contribution in [1.82, 2.24) is 0 Å². The predicted molar refractivity (Wildman–Crippen MR) is 110 cm³/mol. The molecule has 1 N–H and O–H groups in total. The summed E-state index contributed by atoms with van der Waals surface area (Å²) >= 11 is 3.35. The molecule has 3 aromatic carbocycles. The van der Waals surface area contributed by atoms with Gasteiger partial charge in [-0.2, -0.15) is 0 Å². The lowest BCUT2D eigenvalue weighted by molar-refractivity contribution is -0.115. The smallest absolute Gasteiger partial charge is 0.266 e. The second-order valence-electron chi connectivity index (χ2n) is 6.39. The highest BCUT2D eigenvalue weighted by Crippen LogP contribution is 2.28. The summed E-state index contributed by atoms with van der Waals surface area (Å²) in [7, 11) is 0. The molecule has 0 aromatic heterocycles. The molecule has 0 fully saturated rings. The zero-order chi connectivity index (χ0) is 19.7. The van der Waals surface area contributed by atoms with Crippen molar-refractivity contribution in [3.8, 4) is 0 Å². The van der Waals surface area contributed by atoms with E-state index in [1.807, 2.05) is 24.3 Å². The van der Waals surface area contributed by atoms with Gasteiger partial charge in [-0.3, -0.25) is 14.4 Å². The molecule has 1 aliphatic heterocycles. The lowest BCUT2D eigenvalue weighted by Gasteiger charge is -2.14. The van der Waals surface area contributed by atoms with Gasteiger partial charge >= 0.3 is 0 Å². The molecule has 6 heteroatoms. The molecule has 3 amide bonds. The van der Waals surface area contributed by atoms with E-state index in [1.54, 1.807) is 48.5 Å². The highest BCUT2D eigenvalue weighted by Gasteiger charge is 2.36. The Morgan fingerprint density at radius 1 is 0.821 bits per heavy atom. The first-order chi connectivity index (χ1) is 13.5. The van der Waals surface area contributed by atoms with E-state index in [2.05, 4.69) is 21.2 Å². The third kappa shape index (κ3) is 3.46. The van der Waals surface area contributed by atoms with Crippen molar-refractivity contribution >= 4 is 45.0 Å². The standard InChI is InChI=1S/C22H15BrN2O3/c23-15-7-9-16(10-8-15)24-20(26)13-14-5-11-17(12-6-14)25-21(27)18-3-1-2-4-19(18)22(25)28/h1-12H,13H2,(H,24,26). The number of halogens is 1. The Morgan fingerprint density at radius 2 is 1.39 bits per heavy atom. The Morgan fingerprint density at radius 3 is 1.96 bits per heavy atom. The van der Waals surface area contributed by atoms with Crippen molar-refractivity contribution < 1.29 is 14.4 Å². The minimum atomic E-state index is -0.332. The van der Waals surface area contributed by atoms with Crippen molar-refractivity contribution in [3.05, 3.63) is 94.0 Å². The maximum atomic E-state index is 12.5. The van der Waals surface area contributed by atoms with Crippen LogP contribution in [-0.4, -0.2) is 17.7 Å². The van der Waals surface area contributed by atoms with Crippen LogP contribution in [0.2, 0.25) is 0 Å². The van der Waals surface area contributed by atoms with Crippen LogP contribution in [0.4, 0.5) is 11.4 Å². The van der Waals surface area contributed by atoms with Gasteiger partial charge in [0.15, 0.2) is 0 Å². The van der Waals surface area contributed by atoms with Gasteiger partial charge in [-0.1, -0.05) is 40.2 Å². The summed E-state index contributed by atoms with van der Waals surface area (Å²) in [6, 6.07) is 21.0. The molecule has 0 saturated carbocycles. The lowest BCUT2D eigenvalue weighted by Crippen LogP contribution is -2.29. The van der Waals surface area contributed by atoms with Gasteiger partial charge in [-0.25, -0.2) is 4.90 Å². The summed E-state index contributed by atoms with van der Waals surface area (Å²) in [6.45, 7) is 0. The van der Waals surface area contributed by atoms with Crippen molar-refractivity contribution in [3.63, 3.8) is 0 Å². The van der Waals surface area contributed by atoms with Crippen LogP contribution in [0.1, 0.15) is 26.3 Å². The maximum Gasteiger partial charge on any atom is 0.266 e. The number of anilines is 2. The van der Waals surface area contributed by atoms with Crippen LogP contribution < -0.4 is 10.2 Å². The van der Waals surface area contributed by atoms with E-state index in [1.165, 1.54) is 0 Å². The van der Waals surface area contributed by atoms with Crippen molar-refractivity contribution in [2.75, 3.05) is 10.2 Å². The molecule has 0 atom stereocenters. The molecule has 0 radical (unpaired) electrons. The molecule has 1 heterocycles. The number of fused-ring (bicyclic) bond motifs is 1. The van der Waals surface area contributed by atoms with Crippen LogP contribution >= 0.6 is 15.9 Å². The molecular formula is C22H15BrN2O3. The first-order valence-corrected chi connectivity index (χ1v) is 9.44. The number of nitrogens with zero attached hydrogens (tertiary/aromatic N) is 1. The first kappa shape index (κ1) is 18.1. The minimum absolute atomic E-state index is 0.143. The molecule has 5 nitrogen and oxygen atoms in total. The number of hydrogen-bond donors (Lipinski definition) is 1. The van der Waals surface area contributed by atoms with Crippen molar-refractivity contribution in [2.45, 2.75) is 6.42 Å². The van der Waals surface area contributed by atoms with E-state index < -0.39 is 0 Å². The molecule has 28 heavy (non-hydrogen) atoms. The number of nitrogens with one attached hydrogen (secondary N) is 1. The van der Waals surface area contributed by atoms with Gasteiger partial charge in [0.1, 0.15) is 0 Å². The molecule has 138 valence electrons. The number of hydrogen-bond acceptors (Lipinski definition) is 3. The average Bonchev–Trinajstić information content (AvgIpc) is 2.95. The third-order valence-corrected chi connectivity index (χ3v) is 5.01. The monoisotopic (exact) mass is 434 g/mol. The van der Waals surface area contributed by atoms with E-state index in [-0.39, 0.29) is 24.1 Å². The average molecular weight is 435 g/mol. The highest BCUT2D eigenvalue weighted by molar-refractivity contribution is 9.10. The van der Waals surface area contributed by atoms with Gasteiger partial charge in [-0.15, -0.1) is 0 Å². The largest absolute Gasteiger partial charge is 0.326 e. The van der Waals surface area contributed by atoms with Gasteiger partial charge in [0.2, 0.25) is 5.91 Å². The molecule has 4 rings (SSSR count). The fourth-order valence-electron chi connectivity index (χ4n) is 3.11. The number of benzene rings is 3. The summed E-state index contributed by atoms with van der Waals surface area (Å²) in [5.74, 6) is -0.807. The van der Waals surface area contributed by atoms with Gasteiger partial charge in [0.05, 0.1) is 23.2 Å². The number of carbonyl (C=O) groups excluding carboxylic acids is 3. The van der Waals surface area contributed by atoms with Gasteiger partial charge in [0.25, 0.3) is 11.8 Å². The zero-order valence-electron chi connectivity index (χ0n) is 14.7. The molecule has 0 aliphatic carbocycles. The van der Waals surface area contributed by atoms with Gasteiger partial charge in [-0.05, 0) is 54.1 Å². The van der Waals surface area contributed by atoms with E-state index in [0.29, 0.717) is 16.8 Å². The molecule has 3 aromatic rings. The molecule has 0 bridgehead atoms. The quantitative estimate of drug-likeness (QED) is 0.617. The molecular weight excluding hydrogens is 420 g/mol. The normalized spacial score (nSPS) is 12.8. The first-order valence-electron chi connectivity index (χ1n) is 8.65. The fourth-order valence-corrected chi connectivity index (χ4v) is 3.37. The Bertz CT molecular complexity index is 1040. The SMILES string of the molecule is O=C(Cc1ccc(N2C(=O)c3ccccc3C2=O)cc1)Nc1ccc(Br)cc1. The summed E-state index contributed by atoms with van der Waals surface area (Å²) in [5, 5.41) is 2.83. The van der Waals surface area contributed by atoms with Gasteiger partial charge in [0, 0.05) is 10.2 Å². The highest BCUT2D eigenvalue weighted by atomic mass is 79.9. The van der Waals surface area contributed by atoms with Crippen LogP contribution in [0.25, 0.3) is 0 Å². The van der Waals surface area contributed by atoms with Crippen molar-refractivity contribution in [1.29, 1.82) is 0 Å². The Hall–Kier alpha value is -3.25. The fraction of sp³-hybridized carbons (Fsp3) is 0.0455. The van der Waals surface area contributed by atoms with Crippen LogP contribution in [-0.2, 0) is 11.2 Å². The van der Waals surface area contributed by atoms with E-state index >= 15 is 0 Å². The van der Waals surface area contributed by atoms with E-state index in [9.17, 15) is 14.4 Å². The second kappa shape index (κ2) is 7.40. The number of carbonyl (C=O) groups is 3. The molecule has 0 saturated heterocycles. The summed E-state index contributed by atoms with van der Waals surface area (Å²) in [6.07, 6.45) is 0.193. The minimum Gasteiger partial charge on any atom is -0.326 e. The van der Waals surface area contributed by atoms with Crippen LogP contribution in [0, 0.1) is 0 Å². The van der Waals surface area contributed by atoms with Crippen LogP contribution in [0.15, 0.2) is 77.3 Å².